The van der Waals surface area contributed by atoms with Crippen LogP contribution in [0.5, 0.6) is 5.75 Å². The van der Waals surface area contributed by atoms with E-state index >= 15 is 0 Å². The van der Waals surface area contributed by atoms with E-state index < -0.39 is 0 Å². The Labute approximate surface area is 108 Å². The van der Waals surface area contributed by atoms with Crippen LogP contribution >= 0.6 is 27.5 Å². The lowest BCUT2D eigenvalue weighted by molar-refractivity contribution is 0.306. The van der Waals surface area contributed by atoms with E-state index in [4.69, 9.17) is 16.3 Å². The first-order valence-electron chi connectivity index (χ1n) is 4.87. The van der Waals surface area contributed by atoms with Crippen LogP contribution in [0.15, 0.2) is 53.0 Å². The van der Waals surface area contributed by atoms with Crippen LogP contribution in [0.2, 0.25) is 5.02 Å². The minimum Gasteiger partial charge on any atom is -0.489 e. The van der Waals surface area contributed by atoms with Crippen molar-refractivity contribution in [2.45, 2.75) is 6.61 Å². The third-order valence-electron chi connectivity index (χ3n) is 2.14. The van der Waals surface area contributed by atoms with Crippen LogP contribution in [0.3, 0.4) is 0 Å². The van der Waals surface area contributed by atoms with E-state index in [1.54, 1.807) is 6.07 Å². The molecule has 0 radical (unpaired) electrons. The Morgan fingerprint density at radius 1 is 1.06 bits per heavy atom. The predicted molar refractivity (Wildman–Crippen MR) is 69.9 cm³/mol. The normalized spacial score (nSPS) is 10.1. The molecule has 2 aromatic carbocycles. The summed E-state index contributed by atoms with van der Waals surface area (Å²) in [5, 5.41) is 0.658. The van der Waals surface area contributed by atoms with Gasteiger partial charge in [-0.25, -0.2) is 0 Å². The van der Waals surface area contributed by atoms with Gasteiger partial charge in [-0.2, -0.15) is 0 Å². The van der Waals surface area contributed by atoms with Crippen LogP contribution < -0.4 is 4.74 Å². The monoisotopic (exact) mass is 296 g/mol. The smallest absolute Gasteiger partial charge is 0.121 e. The summed E-state index contributed by atoms with van der Waals surface area (Å²) in [5.41, 5.74) is 1.14. The van der Waals surface area contributed by atoms with Gasteiger partial charge in [-0.1, -0.05) is 41.9 Å². The summed E-state index contributed by atoms with van der Waals surface area (Å²) in [6, 6.07) is 15.6. The first-order valence-corrected chi connectivity index (χ1v) is 6.04. The Bertz CT molecular complexity index is 471. The molecule has 0 bridgehead atoms. The van der Waals surface area contributed by atoms with E-state index in [-0.39, 0.29) is 0 Å². The number of rotatable bonds is 3. The molecule has 0 amide bonds. The first kappa shape index (κ1) is 11.5. The van der Waals surface area contributed by atoms with Gasteiger partial charge in [0.05, 0.1) is 5.02 Å². The molecular weight excluding hydrogens is 287 g/mol. The molecular formula is C13H10BrClO. The molecule has 16 heavy (non-hydrogen) atoms. The molecule has 0 aliphatic heterocycles. The van der Waals surface area contributed by atoms with E-state index in [1.807, 2.05) is 42.5 Å². The van der Waals surface area contributed by atoms with Crippen molar-refractivity contribution in [1.29, 1.82) is 0 Å². The minimum atomic E-state index is 0.554. The molecule has 0 unspecified atom stereocenters. The predicted octanol–water partition coefficient (Wildman–Crippen LogP) is 4.68. The maximum atomic E-state index is 5.97. The fourth-order valence-corrected chi connectivity index (χ4v) is 1.72. The number of hydrogen-bond donors (Lipinski definition) is 0. The van der Waals surface area contributed by atoms with Crippen molar-refractivity contribution < 1.29 is 4.74 Å². The molecule has 0 atom stereocenters. The number of ether oxygens (including phenoxy) is 1. The zero-order valence-corrected chi connectivity index (χ0v) is 10.8. The largest absolute Gasteiger partial charge is 0.489 e. The second-order valence-corrected chi connectivity index (χ2v) is 4.61. The van der Waals surface area contributed by atoms with Gasteiger partial charge in [-0.3, -0.25) is 0 Å². The molecule has 82 valence electrons. The second kappa shape index (κ2) is 5.37. The van der Waals surface area contributed by atoms with E-state index in [9.17, 15) is 0 Å². The molecule has 0 spiro atoms. The maximum absolute atomic E-state index is 5.97. The minimum absolute atomic E-state index is 0.554. The molecule has 3 heteroatoms. The number of benzene rings is 2. The fourth-order valence-electron chi connectivity index (χ4n) is 1.31. The van der Waals surface area contributed by atoms with E-state index in [2.05, 4.69) is 15.9 Å². The van der Waals surface area contributed by atoms with Gasteiger partial charge in [0.25, 0.3) is 0 Å². The lowest BCUT2D eigenvalue weighted by Gasteiger charge is -2.07. The second-order valence-electron chi connectivity index (χ2n) is 3.35. The summed E-state index contributed by atoms with van der Waals surface area (Å²) >= 11 is 9.31. The van der Waals surface area contributed by atoms with Gasteiger partial charge in [0.15, 0.2) is 0 Å². The van der Waals surface area contributed by atoms with Crippen molar-refractivity contribution in [3.05, 3.63) is 63.6 Å². The summed E-state index contributed by atoms with van der Waals surface area (Å²) in [6.45, 7) is 0.554. The van der Waals surface area contributed by atoms with Crippen molar-refractivity contribution in [2.75, 3.05) is 0 Å². The summed E-state index contributed by atoms with van der Waals surface area (Å²) in [5.74, 6) is 0.775. The van der Waals surface area contributed by atoms with Crippen LogP contribution in [-0.4, -0.2) is 0 Å². The molecule has 0 N–H and O–H groups in total. The summed E-state index contributed by atoms with van der Waals surface area (Å²) in [4.78, 5) is 0. The van der Waals surface area contributed by atoms with Gasteiger partial charge >= 0.3 is 0 Å². The third kappa shape index (κ3) is 3.00. The molecule has 2 aromatic rings. The van der Waals surface area contributed by atoms with Gasteiger partial charge in [0.2, 0.25) is 0 Å². The standard InChI is InChI=1S/C13H10BrClO/c14-12-7-6-11(8-13(12)15)16-9-10-4-2-1-3-5-10/h1-8H,9H2. The Morgan fingerprint density at radius 2 is 1.81 bits per heavy atom. The molecule has 0 aliphatic carbocycles. The molecule has 0 heterocycles. The third-order valence-corrected chi connectivity index (χ3v) is 3.37. The van der Waals surface area contributed by atoms with Crippen LogP contribution in [0.1, 0.15) is 5.56 Å². The highest BCUT2D eigenvalue weighted by Gasteiger charge is 2.00. The lowest BCUT2D eigenvalue weighted by Crippen LogP contribution is -1.94. The summed E-state index contributed by atoms with van der Waals surface area (Å²) in [7, 11) is 0. The number of halogens is 2. The lowest BCUT2D eigenvalue weighted by atomic mass is 10.2. The van der Waals surface area contributed by atoms with Crippen molar-refractivity contribution in [1.82, 2.24) is 0 Å². The Morgan fingerprint density at radius 3 is 2.50 bits per heavy atom. The van der Waals surface area contributed by atoms with Crippen LogP contribution in [0.25, 0.3) is 0 Å². The SMILES string of the molecule is Clc1cc(OCc2ccccc2)ccc1Br. The van der Waals surface area contributed by atoms with Crippen molar-refractivity contribution in [3.63, 3.8) is 0 Å². The van der Waals surface area contributed by atoms with E-state index in [0.717, 1.165) is 15.8 Å². The van der Waals surface area contributed by atoms with E-state index in [0.29, 0.717) is 11.6 Å². The molecule has 2 rings (SSSR count). The van der Waals surface area contributed by atoms with Crippen molar-refractivity contribution in [3.8, 4) is 5.75 Å². The molecule has 0 saturated heterocycles. The topological polar surface area (TPSA) is 9.23 Å². The summed E-state index contributed by atoms with van der Waals surface area (Å²) in [6.07, 6.45) is 0. The van der Waals surface area contributed by atoms with Crippen molar-refractivity contribution >= 4 is 27.5 Å². The van der Waals surface area contributed by atoms with Gasteiger partial charge in [-0.05, 0) is 39.7 Å². The van der Waals surface area contributed by atoms with E-state index in [1.165, 1.54) is 0 Å². The highest BCUT2D eigenvalue weighted by atomic mass is 79.9. The van der Waals surface area contributed by atoms with Crippen LogP contribution in [0.4, 0.5) is 0 Å². The van der Waals surface area contributed by atoms with Crippen molar-refractivity contribution in [2.24, 2.45) is 0 Å². The quantitative estimate of drug-likeness (QED) is 0.799. The molecule has 1 nitrogen and oxygen atoms in total. The maximum Gasteiger partial charge on any atom is 0.121 e. The molecule has 0 aliphatic rings. The van der Waals surface area contributed by atoms with Gasteiger partial charge < -0.3 is 4.74 Å². The van der Waals surface area contributed by atoms with Gasteiger partial charge in [0.1, 0.15) is 12.4 Å². The molecule has 0 saturated carbocycles. The Hall–Kier alpha value is -0.990. The number of hydrogen-bond acceptors (Lipinski definition) is 1. The van der Waals surface area contributed by atoms with Gasteiger partial charge in [0, 0.05) is 4.47 Å². The average Bonchev–Trinajstić information content (AvgIpc) is 2.32. The Kier molecular flexibility index (Phi) is 3.86. The zero-order valence-electron chi connectivity index (χ0n) is 8.49. The zero-order chi connectivity index (χ0) is 11.4. The van der Waals surface area contributed by atoms with Gasteiger partial charge in [-0.15, -0.1) is 0 Å². The Balaban J connectivity index is 2.03. The van der Waals surface area contributed by atoms with Crippen LogP contribution in [0, 0.1) is 0 Å². The summed E-state index contributed by atoms with van der Waals surface area (Å²) < 4.78 is 6.50. The fraction of sp³-hybridized carbons (Fsp3) is 0.0769. The highest BCUT2D eigenvalue weighted by Crippen LogP contribution is 2.27. The first-order chi connectivity index (χ1) is 7.75. The molecule has 0 fully saturated rings. The van der Waals surface area contributed by atoms with Crippen LogP contribution in [-0.2, 0) is 6.61 Å². The average molecular weight is 298 g/mol. The molecule has 0 aromatic heterocycles. The highest BCUT2D eigenvalue weighted by molar-refractivity contribution is 9.10.